The molecule has 0 atom stereocenters. The summed E-state index contributed by atoms with van der Waals surface area (Å²) in [6.45, 7) is 4.77. The Kier molecular flexibility index (Phi) is 15.4. The molecule has 98 valence electrons. The number of hydrogen-bond donors (Lipinski definition) is 1. The summed E-state index contributed by atoms with van der Waals surface area (Å²) in [7, 11) is 0. The molecule has 0 aliphatic carbocycles. The molecule has 3 nitrogen and oxygen atoms in total. The third-order valence-corrected chi connectivity index (χ3v) is 3.15. The molecule has 0 bridgehead atoms. The van der Waals surface area contributed by atoms with Gasteiger partial charge >= 0.3 is 0 Å². The highest BCUT2D eigenvalue weighted by Gasteiger charge is 1.92. The third kappa shape index (κ3) is 14.2. The van der Waals surface area contributed by atoms with Crippen LogP contribution in [0.1, 0.15) is 32.6 Å². The van der Waals surface area contributed by atoms with E-state index in [0.717, 1.165) is 12.4 Å². The van der Waals surface area contributed by atoms with Crippen molar-refractivity contribution in [2.75, 3.05) is 44.5 Å². The molecule has 0 saturated carbocycles. The topological polar surface area (TPSA) is 38.7 Å². The lowest BCUT2D eigenvalue weighted by atomic mass is 10.2. The lowest BCUT2D eigenvalue weighted by Crippen LogP contribution is -2.08. The highest BCUT2D eigenvalue weighted by atomic mass is 32.2. The molecular formula is C12H26O3S. The van der Waals surface area contributed by atoms with Gasteiger partial charge in [0.05, 0.1) is 33.0 Å². The largest absolute Gasteiger partial charge is 0.394 e. The maximum Gasteiger partial charge on any atom is 0.0701 e. The van der Waals surface area contributed by atoms with Crippen LogP contribution in [0.4, 0.5) is 0 Å². The molecule has 0 aliphatic rings. The SMILES string of the molecule is CCCCCCSCCOCCOCCO. The Bertz CT molecular complexity index is 109. The highest BCUT2D eigenvalue weighted by molar-refractivity contribution is 7.99. The van der Waals surface area contributed by atoms with Crippen molar-refractivity contribution >= 4 is 11.8 Å². The van der Waals surface area contributed by atoms with Crippen molar-refractivity contribution in [1.29, 1.82) is 0 Å². The summed E-state index contributed by atoms with van der Waals surface area (Å²) in [6.07, 6.45) is 5.36. The second-order valence-corrected chi connectivity index (χ2v) is 4.85. The molecule has 0 fully saturated rings. The molecule has 0 aromatic carbocycles. The summed E-state index contributed by atoms with van der Waals surface area (Å²) in [4.78, 5) is 0. The minimum atomic E-state index is 0.0909. The molecule has 0 spiro atoms. The van der Waals surface area contributed by atoms with Gasteiger partial charge in [0.25, 0.3) is 0 Å². The quantitative estimate of drug-likeness (QED) is 0.509. The minimum Gasteiger partial charge on any atom is -0.394 e. The van der Waals surface area contributed by atoms with Crippen molar-refractivity contribution in [3.8, 4) is 0 Å². The zero-order valence-electron chi connectivity index (χ0n) is 10.5. The molecular weight excluding hydrogens is 224 g/mol. The molecule has 0 radical (unpaired) electrons. The van der Waals surface area contributed by atoms with Gasteiger partial charge in [-0.05, 0) is 12.2 Å². The fraction of sp³-hybridized carbons (Fsp3) is 1.00. The van der Waals surface area contributed by atoms with Crippen LogP contribution in [0, 0.1) is 0 Å². The Morgan fingerprint density at radius 1 is 0.875 bits per heavy atom. The Morgan fingerprint density at radius 3 is 2.31 bits per heavy atom. The molecule has 0 saturated heterocycles. The van der Waals surface area contributed by atoms with Crippen LogP contribution < -0.4 is 0 Å². The number of hydrogen-bond acceptors (Lipinski definition) is 4. The first-order valence-electron chi connectivity index (χ1n) is 6.26. The highest BCUT2D eigenvalue weighted by Crippen LogP contribution is 2.07. The van der Waals surface area contributed by atoms with Gasteiger partial charge in [-0.3, -0.25) is 0 Å². The van der Waals surface area contributed by atoms with Crippen LogP contribution in [0.2, 0.25) is 0 Å². The van der Waals surface area contributed by atoms with E-state index in [2.05, 4.69) is 6.92 Å². The molecule has 0 amide bonds. The third-order valence-electron chi connectivity index (χ3n) is 2.12. The summed E-state index contributed by atoms with van der Waals surface area (Å²) >= 11 is 1.97. The number of aliphatic hydroxyl groups excluding tert-OH is 1. The van der Waals surface area contributed by atoms with Gasteiger partial charge in [-0.15, -0.1) is 0 Å². The molecule has 0 unspecified atom stereocenters. The van der Waals surface area contributed by atoms with Crippen LogP contribution in [-0.2, 0) is 9.47 Å². The van der Waals surface area contributed by atoms with Gasteiger partial charge in [-0.1, -0.05) is 26.2 Å². The zero-order valence-corrected chi connectivity index (χ0v) is 11.3. The van der Waals surface area contributed by atoms with E-state index in [1.165, 1.54) is 31.4 Å². The maximum absolute atomic E-state index is 8.46. The van der Waals surface area contributed by atoms with Gasteiger partial charge in [0.1, 0.15) is 0 Å². The van der Waals surface area contributed by atoms with Gasteiger partial charge < -0.3 is 14.6 Å². The Labute approximate surface area is 104 Å². The molecule has 4 heteroatoms. The van der Waals surface area contributed by atoms with Gasteiger partial charge in [-0.2, -0.15) is 11.8 Å². The Morgan fingerprint density at radius 2 is 1.62 bits per heavy atom. The van der Waals surface area contributed by atoms with E-state index in [1.54, 1.807) is 0 Å². The number of unbranched alkanes of at least 4 members (excludes halogenated alkanes) is 3. The summed E-state index contributed by atoms with van der Waals surface area (Å²) in [5.41, 5.74) is 0. The normalized spacial score (nSPS) is 10.9. The summed E-state index contributed by atoms with van der Waals surface area (Å²) < 4.78 is 10.5. The second kappa shape index (κ2) is 15.2. The average Bonchev–Trinajstić information content (AvgIpc) is 2.31. The van der Waals surface area contributed by atoms with Crippen molar-refractivity contribution in [3.05, 3.63) is 0 Å². The van der Waals surface area contributed by atoms with E-state index in [-0.39, 0.29) is 6.61 Å². The van der Waals surface area contributed by atoms with Crippen LogP contribution in [0.15, 0.2) is 0 Å². The van der Waals surface area contributed by atoms with E-state index in [0.29, 0.717) is 19.8 Å². The Balaban J connectivity index is 2.83. The van der Waals surface area contributed by atoms with Crippen molar-refractivity contribution in [1.82, 2.24) is 0 Å². The number of aliphatic hydroxyl groups is 1. The van der Waals surface area contributed by atoms with Crippen molar-refractivity contribution in [2.45, 2.75) is 32.6 Å². The molecule has 0 aromatic rings. The van der Waals surface area contributed by atoms with E-state index in [9.17, 15) is 0 Å². The first-order valence-corrected chi connectivity index (χ1v) is 7.41. The standard InChI is InChI=1S/C12H26O3S/c1-2-3-4-5-11-16-12-10-15-9-8-14-7-6-13/h13H,2-12H2,1H3. The fourth-order valence-corrected chi connectivity index (χ4v) is 2.09. The van der Waals surface area contributed by atoms with Crippen LogP contribution >= 0.6 is 11.8 Å². The molecule has 16 heavy (non-hydrogen) atoms. The maximum atomic E-state index is 8.46. The second-order valence-electron chi connectivity index (χ2n) is 3.62. The van der Waals surface area contributed by atoms with Crippen LogP contribution in [-0.4, -0.2) is 49.6 Å². The summed E-state index contributed by atoms with van der Waals surface area (Å²) in [5, 5.41) is 8.46. The fourth-order valence-electron chi connectivity index (χ4n) is 1.24. The van der Waals surface area contributed by atoms with Gasteiger partial charge in [0.15, 0.2) is 0 Å². The lowest BCUT2D eigenvalue weighted by Gasteiger charge is -2.04. The zero-order chi connectivity index (χ0) is 11.9. The van der Waals surface area contributed by atoms with Crippen LogP contribution in [0.3, 0.4) is 0 Å². The van der Waals surface area contributed by atoms with E-state index in [1.807, 2.05) is 11.8 Å². The number of thioether (sulfide) groups is 1. The molecule has 0 aromatic heterocycles. The molecule has 1 N–H and O–H groups in total. The van der Waals surface area contributed by atoms with Crippen molar-refractivity contribution in [2.24, 2.45) is 0 Å². The van der Waals surface area contributed by atoms with Crippen molar-refractivity contribution in [3.63, 3.8) is 0 Å². The Hall–Kier alpha value is 0.230. The van der Waals surface area contributed by atoms with E-state index < -0.39 is 0 Å². The average molecular weight is 250 g/mol. The van der Waals surface area contributed by atoms with E-state index in [4.69, 9.17) is 14.6 Å². The van der Waals surface area contributed by atoms with Gasteiger partial charge in [-0.25, -0.2) is 0 Å². The number of rotatable bonds is 13. The van der Waals surface area contributed by atoms with E-state index >= 15 is 0 Å². The first kappa shape index (κ1) is 16.2. The smallest absolute Gasteiger partial charge is 0.0701 e. The van der Waals surface area contributed by atoms with Gasteiger partial charge in [0, 0.05) is 5.75 Å². The number of ether oxygens (including phenoxy) is 2. The predicted octanol–water partition coefficient (Wildman–Crippen LogP) is 2.33. The first-order chi connectivity index (χ1) is 7.91. The molecule has 0 aliphatic heterocycles. The minimum absolute atomic E-state index is 0.0909. The van der Waals surface area contributed by atoms with Crippen LogP contribution in [0.25, 0.3) is 0 Å². The van der Waals surface area contributed by atoms with Crippen molar-refractivity contribution < 1.29 is 14.6 Å². The predicted molar refractivity (Wildman–Crippen MR) is 70.2 cm³/mol. The van der Waals surface area contributed by atoms with Crippen LogP contribution in [0.5, 0.6) is 0 Å². The monoisotopic (exact) mass is 250 g/mol. The molecule has 0 rings (SSSR count). The summed E-state index contributed by atoms with van der Waals surface area (Å²) in [6, 6.07) is 0. The van der Waals surface area contributed by atoms with Gasteiger partial charge in [0.2, 0.25) is 0 Å². The molecule has 0 heterocycles. The summed E-state index contributed by atoms with van der Waals surface area (Å²) in [5.74, 6) is 2.33. The lowest BCUT2D eigenvalue weighted by molar-refractivity contribution is 0.0377.